The van der Waals surface area contributed by atoms with Gasteiger partial charge in [-0.1, -0.05) is 0 Å². The molecular formula is C9H9NOS2. The maximum atomic E-state index is 5.26. The maximum Gasteiger partial charge on any atom is 0.134 e. The smallest absolute Gasteiger partial charge is 0.134 e. The van der Waals surface area contributed by atoms with Gasteiger partial charge in [0.05, 0.1) is 27.7 Å². The summed E-state index contributed by atoms with van der Waals surface area (Å²) in [5, 5.41) is 0. The molecule has 0 N–H and O–H groups in total. The van der Waals surface area contributed by atoms with Crippen molar-refractivity contribution in [3.05, 3.63) is 17.6 Å². The summed E-state index contributed by atoms with van der Waals surface area (Å²) in [6, 6.07) is 4.11. The Hall–Kier alpha value is -0.740. The van der Waals surface area contributed by atoms with Crippen LogP contribution in [0, 0.1) is 0 Å². The molecule has 0 radical (unpaired) electrons. The molecule has 2 aromatic rings. The minimum absolute atomic E-state index is 0.908. The Bertz CT molecular complexity index is 386. The molecule has 0 aliphatic carbocycles. The van der Waals surface area contributed by atoms with Gasteiger partial charge >= 0.3 is 0 Å². The first-order valence-corrected chi connectivity index (χ1v) is 5.91. The summed E-state index contributed by atoms with van der Waals surface area (Å²) < 4.78 is 6.47. The first kappa shape index (κ1) is 8.84. The third kappa shape index (κ3) is 1.51. The minimum Gasteiger partial charge on any atom is -0.496 e. The largest absolute Gasteiger partial charge is 0.496 e. The van der Waals surface area contributed by atoms with E-state index >= 15 is 0 Å². The molecule has 0 bridgehead atoms. The van der Waals surface area contributed by atoms with Gasteiger partial charge in [0.15, 0.2) is 0 Å². The van der Waals surface area contributed by atoms with E-state index in [4.69, 9.17) is 4.74 Å². The second-order valence-electron chi connectivity index (χ2n) is 2.53. The monoisotopic (exact) mass is 211 g/mol. The molecule has 0 aliphatic heterocycles. The van der Waals surface area contributed by atoms with E-state index in [9.17, 15) is 0 Å². The molecule has 2 rings (SSSR count). The van der Waals surface area contributed by atoms with Crippen LogP contribution in [0.5, 0.6) is 5.75 Å². The molecule has 0 atom stereocenters. The summed E-state index contributed by atoms with van der Waals surface area (Å²) in [5.74, 6) is 0.908. The Labute approximate surface area is 84.9 Å². The highest BCUT2D eigenvalue weighted by molar-refractivity contribution is 7.98. The number of aromatic nitrogens is 1. The number of hydrogen-bond acceptors (Lipinski definition) is 4. The normalized spacial score (nSPS) is 10.6. The molecule has 1 aromatic carbocycles. The van der Waals surface area contributed by atoms with Gasteiger partial charge in [-0.2, -0.15) is 0 Å². The lowest BCUT2D eigenvalue weighted by Crippen LogP contribution is -1.85. The van der Waals surface area contributed by atoms with Gasteiger partial charge in [-0.25, -0.2) is 4.98 Å². The van der Waals surface area contributed by atoms with Crippen molar-refractivity contribution >= 4 is 33.3 Å². The molecule has 0 saturated heterocycles. The number of benzene rings is 1. The van der Waals surface area contributed by atoms with Crippen molar-refractivity contribution in [3.63, 3.8) is 0 Å². The van der Waals surface area contributed by atoms with E-state index in [1.807, 2.05) is 17.8 Å². The minimum atomic E-state index is 0.908. The van der Waals surface area contributed by atoms with E-state index in [-0.39, 0.29) is 0 Å². The van der Waals surface area contributed by atoms with E-state index in [1.54, 1.807) is 30.2 Å². The van der Waals surface area contributed by atoms with Crippen LogP contribution in [0.3, 0.4) is 0 Å². The van der Waals surface area contributed by atoms with E-state index in [0.717, 1.165) is 11.3 Å². The van der Waals surface area contributed by atoms with Crippen LogP contribution < -0.4 is 4.74 Å². The van der Waals surface area contributed by atoms with Crippen molar-refractivity contribution < 1.29 is 4.74 Å². The number of rotatable bonds is 2. The van der Waals surface area contributed by atoms with Crippen molar-refractivity contribution in [1.82, 2.24) is 4.98 Å². The molecule has 0 aliphatic rings. The number of nitrogens with zero attached hydrogens (tertiary/aromatic N) is 1. The quantitative estimate of drug-likeness (QED) is 0.713. The molecule has 0 amide bonds. The van der Waals surface area contributed by atoms with Gasteiger partial charge in [-0.3, -0.25) is 0 Å². The van der Waals surface area contributed by atoms with Gasteiger partial charge in [0.1, 0.15) is 5.75 Å². The summed E-state index contributed by atoms with van der Waals surface area (Å²) in [7, 11) is 1.69. The predicted octanol–water partition coefficient (Wildman–Crippen LogP) is 3.03. The first-order valence-electron chi connectivity index (χ1n) is 3.80. The zero-order chi connectivity index (χ0) is 9.26. The number of ether oxygens (including phenoxy) is 1. The Kier molecular flexibility index (Phi) is 2.42. The summed E-state index contributed by atoms with van der Waals surface area (Å²) in [6.45, 7) is 0. The van der Waals surface area contributed by atoms with E-state index < -0.39 is 0 Å². The number of thioether (sulfide) groups is 1. The van der Waals surface area contributed by atoms with Crippen molar-refractivity contribution in [2.24, 2.45) is 0 Å². The SMILES string of the molecule is COc1cc2ncsc2cc1SC. The fraction of sp³-hybridized carbons (Fsp3) is 0.222. The predicted molar refractivity (Wildman–Crippen MR) is 58.0 cm³/mol. The second kappa shape index (κ2) is 3.55. The van der Waals surface area contributed by atoms with Gasteiger partial charge in [0.25, 0.3) is 0 Å². The van der Waals surface area contributed by atoms with E-state index in [1.165, 1.54) is 9.60 Å². The lowest BCUT2D eigenvalue weighted by molar-refractivity contribution is 0.405. The molecule has 4 heteroatoms. The molecule has 0 spiro atoms. The van der Waals surface area contributed by atoms with Gasteiger partial charge in [-0.05, 0) is 12.3 Å². The molecule has 1 heterocycles. The van der Waals surface area contributed by atoms with E-state index in [0.29, 0.717) is 0 Å². The Morgan fingerprint density at radius 1 is 1.46 bits per heavy atom. The average molecular weight is 211 g/mol. The van der Waals surface area contributed by atoms with Crippen LogP contribution in [0.4, 0.5) is 0 Å². The van der Waals surface area contributed by atoms with Crippen LogP contribution in [0.2, 0.25) is 0 Å². The molecule has 2 nitrogen and oxygen atoms in total. The third-order valence-corrected chi connectivity index (χ3v) is 3.39. The standard InChI is InChI=1S/C9H9NOS2/c1-11-7-3-6-8(13-5-10-6)4-9(7)12-2/h3-5H,1-2H3. The second-order valence-corrected chi connectivity index (χ2v) is 4.26. The highest BCUT2D eigenvalue weighted by atomic mass is 32.2. The lowest BCUT2D eigenvalue weighted by Gasteiger charge is -2.04. The van der Waals surface area contributed by atoms with Crippen LogP contribution in [-0.2, 0) is 0 Å². The van der Waals surface area contributed by atoms with Gasteiger partial charge < -0.3 is 4.74 Å². The maximum absolute atomic E-state index is 5.26. The summed E-state index contributed by atoms with van der Waals surface area (Å²) in [4.78, 5) is 5.40. The fourth-order valence-corrected chi connectivity index (χ4v) is 2.54. The molecule has 0 fully saturated rings. The first-order chi connectivity index (χ1) is 6.35. The zero-order valence-corrected chi connectivity index (χ0v) is 9.04. The highest BCUT2D eigenvalue weighted by Crippen LogP contribution is 2.33. The summed E-state index contributed by atoms with van der Waals surface area (Å²) in [5.41, 5.74) is 2.87. The number of thiazole rings is 1. The van der Waals surface area contributed by atoms with Crippen LogP contribution in [0.15, 0.2) is 22.5 Å². The Balaban J connectivity index is 2.67. The zero-order valence-electron chi connectivity index (χ0n) is 7.40. The Morgan fingerprint density at radius 2 is 2.31 bits per heavy atom. The average Bonchev–Trinajstić information content (AvgIpc) is 2.62. The van der Waals surface area contributed by atoms with Crippen molar-refractivity contribution in [3.8, 4) is 5.75 Å². The van der Waals surface area contributed by atoms with Gasteiger partial charge in [0, 0.05) is 6.07 Å². The van der Waals surface area contributed by atoms with Crippen LogP contribution in [0.1, 0.15) is 0 Å². The molecule has 0 unspecified atom stereocenters. The topological polar surface area (TPSA) is 22.1 Å². The molecule has 1 aromatic heterocycles. The van der Waals surface area contributed by atoms with Gasteiger partial charge in [-0.15, -0.1) is 23.1 Å². The number of fused-ring (bicyclic) bond motifs is 1. The van der Waals surface area contributed by atoms with Crippen molar-refractivity contribution in [2.45, 2.75) is 4.90 Å². The van der Waals surface area contributed by atoms with Gasteiger partial charge in [0.2, 0.25) is 0 Å². The molecule has 13 heavy (non-hydrogen) atoms. The highest BCUT2D eigenvalue weighted by Gasteiger charge is 2.05. The lowest BCUT2D eigenvalue weighted by atomic mass is 10.3. The number of methoxy groups -OCH3 is 1. The third-order valence-electron chi connectivity index (χ3n) is 1.84. The Morgan fingerprint density at radius 3 is 3.00 bits per heavy atom. The van der Waals surface area contributed by atoms with Crippen molar-refractivity contribution in [1.29, 1.82) is 0 Å². The molecule has 68 valence electrons. The fourth-order valence-electron chi connectivity index (χ4n) is 1.18. The summed E-state index contributed by atoms with van der Waals surface area (Å²) >= 11 is 3.35. The molecule has 0 saturated carbocycles. The molecular weight excluding hydrogens is 202 g/mol. The number of hydrogen-bond donors (Lipinski definition) is 0. The van der Waals surface area contributed by atoms with Crippen molar-refractivity contribution in [2.75, 3.05) is 13.4 Å². The van der Waals surface area contributed by atoms with Crippen LogP contribution in [-0.4, -0.2) is 18.3 Å². The summed E-state index contributed by atoms with van der Waals surface area (Å²) in [6.07, 6.45) is 2.05. The van der Waals surface area contributed by atoms with E-state index in [2.05, 4.69) is 11.1 Å². The van der Waals surface area contributed by atoms with Crippen LogP contribution >= 0.6 is 23.1 Å². The van der Waals surface area contributed by atoms with Crippen LogP contribution in [0.25, 0.3) is 10.2 Å².